The summed E-state index contributed by atoms with van der Waals surface area (Å²) >= 11 is 0. The van der Waals surface area contributed by atoms with Crippen LogP contribution < -0.4 is 10.1 Å². The van der Waals surface area contributed by atoms with Gasteiger partial charge in [0.2, 0.25) is 0 Å². The Morgan fingerprint density at radius 2 is 2.00 bits per heavy atom. The minimum absolute atomic E-state index is 0.0663. The van der Waals surface area contributed by atoms with Gasteiger partial charge in [-0.15, -0.1) is 0 Å². The van der Waals surface area contributed by atoms with Crippen molar-refractivity contribution in [3.8, 4) is 5.75 Å². The topological polar surface area (TPSA) is 58.6 Å². The first-order valence-electron chi connectivity index (χ1n) is 9.04. The van der Waals surface area contributed by atoms with Crippen LogP contribution >= 0.6 is 0 Å². The van der Waals surface area contributed by atoms with Gasteiger partial charge in [-0.05, 0) is 59.6 Å². The van der Waals surface area contributed by atoms with Crippen LogP contribution in [0.4, 0.5) is 4.79 Å². The van der Waals surface area contributed by atoms with Gasteiger partial charge in [-0.1, -0.05) is 12.1 Å². The fourth-order valence-electron chi connectivity index (χ4n) is 3.01. The lowest BCUT2D eigenvalue weighted by molar-refractivity contribution is 0.0842. The van der Waals surface area contributed by atoms with Crippen molar-refractivity contribution in [1.29, 1.82) is 0 Å². The molecule has 5 heteroatoms. The molecule has 138 valence electrons. The lowest BCUT2D eigenvalue weighted by Gasteiger charge is -2.34. The average Bonchev–Trinajstić information content (AvgIpc) is 2.52. The number of ketones is 1. The van der Waals surface area contributed by atoms with Crippen LogP contribution in [0.1, 0.15) is 57.8 Å². The lowest BCUT2D eigenvalue weighted by Crippen LogP contribution is -2.52. The van der Waals surface area contributed by atoms with Crippen LogP contribution in [0.2, 0.25) is 0 Å². The number of rotatable bonds is 4. The molecule has 5 nitrogen and oxygen atoms in total. The molecule has 1 N–H and O–H groups in total. The van der Waals surface area contributed by atoms with Crippen molar-refractivity contribution >= 4 is 11.8 Å². The van der Waals surface area contributed by atoms with Gasteiger partial charge in [-0.25, -0.2) is 4.79 Å². The second-order valence-electron chi connectivity index (χ2n) is 8.02. The largest absolute Gasteiger partial charge is 0.491 e. The second-order valence-corrected chi connectivity index (χ2v) is 8.02. The number of carbonyl (C=O) groups is 2. The zero-order chi connectivity index (χ0) is 18.6. The van der Waals surface area contributed by atoms with E-state index in [1.54, 1.807) is 11.0 Å². The maximum Gasteiger partial charge on any atom is 0.317 e. The molecule has 1 saturated heterocycles. The van der Waals surface area contributed by atoms with Crippen LogP contribution in [-0.4, -0.2) is 41.4 Å². The fraction of sp³-hybridized carbons (Fsp3) is 0.600. The number of benzene rings is 1. The summed E-state index contributed by atoms with van der Waals surface area (Å²) in [6.45, 7) is 11.0. The minimum Gasteiger partial charge on any atom is -0.491 e. The number of ether oxygens (including phenoxy) is 1. The molecule has 2 amide bonds. The Morgan fingerprint density at radius 1 is 1.28 bits per heavy atom. The predicted molar refractivity (Wildman–Crippen MR) is 99.1 cm³/mol. The SMILES string of the molecule is CC(C)Oc1cccc(C(=O)[C@@H]2CCCN(C(=O)NC(C)(C)C)C2)c1. The average molecular weight is 346 g/mol. The molecular weight excluding hydrogens is 316 g/mol. The molecule has 0 unspecified atom stereocenters. The quantitative estimate of drug-likeness (QED) is 0.842. The van der Waals surface area contributed by atoms with E-state index in [-0.39, 0.29) is 29.4 Å². The molecule has 1 atom stereocenters. The second kappa shape index (κ2) is 7.89. The predicted octanol–water partition coefficient (Wildman–Crippen LogP) is 3.88. The number of urea groups is 1. The van der Waals surface area contributed by atoms with E-state index < -0.39 is 0 Å². The third-order valence-corrected chi connectivity index (χ3v) is 4.05. The third-order valence-electron chi connectivity index (χ3n) is 4.05. The van der Waals surface area contributed by atoms with Crippen molar-refractivity contribution in [3.05, 3.63) is 29.8 Å². The molecule has 1 fully saturated rings. The summed E-state index contributed by atoms with van der Waals surface area (Å²) in [5.74, 6) is 0.634. The number of nitrogens with zero attached hydrogens (tertiary/aromatic N) is 1. The normalized spacial score (nSPS) is 18.2. The van der Waals surface area contributed by atoms with Gasteiger partial charge in [0.25, 0.3) is 0 Å². The number of Topliss-reactive ketones (excluding diaryl/α,β-unsaturated/α-hetero) is 1. The van der Waals surface area contributed by atoms with E-state index in [1.807, 2.05) is 52.8 Å². The monoisotopic (exact) mass is 346 g/mol. The van der Waals surface area contributed by atoms with Gasteiger partial charge < -0.3 is 15.0 Å². The van der Waals surface area contributed by atoms with Gasteiger partial charge in [0.15, 0.2) is 5.78 Å². The highest BCUT2D eigenvalue weighted by Crippen LogP contribution is 2.24. The molecular formula is C20H30N2O3. The molecule has 1 aromatic carbocycles. The molecule has 0 aliphatic carbocycles. The Kier molecular flexibility index (Phi) is 6.09. The summed E-state index contributed by atoms with van der Waals surface area (Å²) in [7, 11) is 0. The molecule has 0 aromatic heterocycles. The van der Waals surface area contributed by atoms with Crippen molar-refractivity contribution in [2.75, 3.05) is 13.1 Å². The van der Waals surface area contributed by atoms with E-state index in [0.717, 1.165) is 12.8 Å². The summed E-state index contributed by atoms with van der Waals surface area (Å²) in [6.07, 6.45) is 1.72. The highest BCUT2D eigenvalue weighted by molar-refractivity contribution is 5.98. The molecule has 0 bridgehead atoms. The van der Waals surface area contributed by atoms with Crippen molar-refractivity contribution < 1.29 is 14.3 Å². The number of piperidine rings is 1. The highest BCUT2D eigenvalue weighted by Gasteiger charge is 2.30. The maximum absolute atomic E-state index is 12.9. The zero-order valence-corrected chi connectivity index (χ0v) is 16.0. The van der Waals surface area contributed by atoms with E-state index in [2.05, 4.69) is 5.32 Å². The van der Waals surface area contributed by atoms with Gasteiger partial charge in [-0.3, -0.25) is 4.79 Å². The Labute approximate surface area is 150 Å². The Morgan fingerprint density at radius 3 is 2.64 bits per heavy atom. The number of hydrogen-bond donors (Lipinski definition) is 1. The van der Waals surface area contributed by atoms with Crippen molar-refractivity contribution in [1.82, 2.24) is 10.2 Å². The highest BCUT2D eigenvalue weighted by atomic mass is 16.5. The van der Waals surface area contributed by atoms with E-state index in [4.69, 9.17) is 4.74 Å². The van der Waals surface area contributed by atoms with Crippen LogP contribution in [0.3, 0.4) is 0 Å². The molecule has 1 aromatic rings. The standard InChI is InChI=1S/C20H30N2O3/c1-14(2)25-17-10-6-8-15(12-17)18(23)16-9-7-11-22(13-16)19(24)21-20(3,4)5/h6,8,10,12,14,16H,7,9,11,13H2,1-5H3,(H,21,24)/t16-/m1/s1. The lowest BCUT2D eigenvalue weighted by atomic mass is 9.90. The maximum atomic E-state index is 12.9. The van der Waals surface area contributed by atoms with Crippen LogP contribution in [-0.2, 0) is 0 Å². The zero-order valence-electron chi connectivity index (χ0n) is 16.0. The van der Waals surface area contributed by atoms with Gasteiger partial charge in [0.1, 0.15) is 5.75 Å². The van der Waals surface area contributed by atoms with Crippen molar-refractivity contribution in [2.24, 2.45) is 5.92 Å². The summed E-state index contributed by atoms with van der Waals surface area (Å²) in [6, 6.07) is 7.24. The van der Waals surface area contributed by atoms with Gasteiger partial charge in [0.05, 0.1) is 6.10 Å². The van der Waals surface area contributed by atoms with Crippen LogP contribution in [0, 0.1) is 5.92 Å². The van der Waals surface area contributed by atoms with Crippen molar-refractivity contribution in [3.63, 3.8) is 0 Å². The number of carbonyl (C=O) groups excluding carboxylic acids is 2. The molecule has 1 heterocycles. The number of amides is 2. The Bertz CT molecular complexity index is 620. The van der Waals surface area contributed by atoms with E-state index in [9.17, 15) is 9.59 Å². The van der Waals surface area contributed by atoms with E-state index in [1.165, 1.54) is 0 Å². The van der Waals surface area contributed by atoms with Crippen LogP contribution in [0.25, 0.3) is 0 Å². The Hall–Kier alpha value is -2.04. The molecule has 0 radical (unpaired) electrons. The summed E-state index contributed by atoms with van der Waals surface area (Å²) in [5, 5.41) is 2.97. The molecule has 1 aliphatic heterocycles. The summed E-state index contributed by atoms with van der Waals surface area (Å²) in [4.78, 5) is 27.0. The van der Waals surface area contributed by atoms with E-state index >= 15 is 0 Å². The van der Waals surface area contributed by atoms with Gasteiger partial charge in [-0.2, -0.15) is 0 Å². The molecule has 25 heavy (non-hydrogen) atoms. The van der Waals surface area contributed by atoms with Gasteiger partial charge >= 0.3 is 6.03 Å². The smallest absolute Gasteiger partial charge is 0.317 e. The molecule has 0 saturated carbocycles. The summed E-state index contributed by atoms with van der Waals surface area (Å²) in [5.41, 5.74) is 0.373. The number of nitrogens with one attached hydrogen (secondary N) is 1. The third kappa shape index (κ3) is 5.76. The number of likely N-dealkylation sites (tertiary alicyclic amines) is 1. The number of hydrogen-bond acceptors (Lipinski definition) is 3. The molecule has 2 rings (SSSR count). The first kappa shape index (κ1) is 19.3. The fourth-order valence-corrected chi connectivity index (χ4v) is 3.01. The van der Waals surface area contributed by atoms with Gasteiger partial charge in [0, 0.05) is 30.1 Å². The molecule has 0 spiro atoms. The first-order valence-corrected chi connectivity index (χ1v) is 9.04. The Balaban J connectivity index is 2.05. The van der Waals surface area contributed by atoms with Crippen molar-refractivity contribution in [2.45, 2.75) is 59.1 Å². The minimum atomic E-state index is -0.281. The molecule has 1 aliphatic rings. The van der Waals surface area contributed by atoms with Crippen LogP contribution in [0.15, 0.2) is 24.3 Å². The first-order chi connectivity index (χ1) is 11.7. The summed E-state index contributed by atoms with van der Waals surface area (Å²) < 4.78 is 5.68. The van der Waals surface area contributed by atoms with Crippen LogP contribution in [0.5, 0.6) is 5.75 Å². The van der Waals surface area contributed by atoms with E-state index in [0.29, 0.717) is 24.4 Å².